The molecule has 0 spiro atoms. The highest BCUT2D eigenvalue weighted by molar-refractivity contribution is 7.22. The second-order valence-electron chi connectivity index (χ2n) is 6.00. The summed E-state index contributed by atoms with van der Waals surface area (Å²) < 4.78 is 6.18. The maximum absolute atomic E-state index is 12.0. The van der Waals surface area contributed by atoms with Crippen molar-refractivity contribution in [1.82, 2.24) is 15.6 Å². The van der Waals surface area contributed by atoms with Crippen molar-refractivity contribution >= 4 is 32.7 Å². The van der Waals surface area contributed by atoms with Gasteiger partial charge in [-0.05, 0) is 31.4 Å². The quantitative estimate of drug-likeness (QED) is 0.788. The first-order chi connectivity index (χ1) is 11.8. The van der Waals surface area contributed by atoms with Crippen molar-refractivity contribution < 1.29 is 9.53 Å². The number of hydrogen-bond acceptors (Lipinski definition) is 5. The van der Waals surface area contributed by atoms with E-state index in [2.05, 4.69) is 21.6 Å². The molecule has 1 fully saturated rings. The van der Waals surface area contributed by atoms with Gasteiger partial charge >= 0.3 is 6.03 Å². The number of benzene rings is 1. The zero-order chi connectivity index (χ0) is 16.8. The molecule has 7 heteroatoms. The molecule has 0 aliphatic carbocycles. The molecule has 1 saturated heterocycles. The molecule has 6 nitrogen and oxygen atoms in total. The van der Waals surface area contributed by atoms with Crippen LogP contribution in [0, 0.1) is 0 Å². The van der Waals surface area contributed by atoms with Crippen LogP contribution in [0.1, 0.15) is 19.3 Å². The van der Waals surface area contributed by atoms with Gasteiger partial charge in [-0.3, -0.25) is 0 Å². The number of anilines is 1. The smallest absolute Gasteiger partial charge is 0.315 e. The molecule has 0 saturated carbocycles. The number of aromatic nitrogens is 1. The van der Waals surface area contributed by atoms with E-state index in [4.69, 9.17) is 9.72 Å². The standard InChI is InChI=1S/C17H24N4O2S/c1-23-11-5-9-18-16(22)19-13-6-4-10-21(12-13)17-20-14-7-2-3-8-15(14)24-17/h2-3,7-8,13H,4-6,9-12H2,1H3,(H2,18,19,22)/t13-/m1/s1. The van der Waals surface area contributed by atoms with E-state index >= 15 is 0 Å². The molecule has 24 heavy (non-hydrogen) atoms. The lowest BCUT2D eigenvalue weighted by atomic mass is 10.1. The molecule has 2 amide bonds. The van der Waals surface area contributed by atoms with Gasteiger partial charge in [-0.15, -0.1) is 0 Å². The van der Waals surface area contributed by atoms with E-state index in [9.17, 15) is 4.79 Å². The summed E-state index contributed by atoms with van der Waals surface area (Å²) in [6.45, 7) is 3.10. The number of para-hydroxylation sites is 1. The Hall–Kier alpha value is -1.86. The van der Waals surface area contributed by atoms with Gasteiger partial charge in [0.2, 0.25) is 0 Å². The zero-order valence-corrected chi connectivity index (χ0v) is 14.8. The van der Waals surface area contributed by atoms with Crippen LogP contribution in [0.25, 0.3) is 10.2 Å². The van der Waals surface area contributed by atoms with E-state index in [0.29, 0.717) is 13.2 Å². The summed E-state index contributed by atoms with van der Waals surface area (Å²) in [5.74, 6) is 0. The van der Waals surface area contributed by atoms with Crippen LogP contribution >= 0.6 is 11.3 Å². The minimum Gasteiger partial charge on any atom is -0.385 e. The molecular formula is C17H24N4O2S. The summed E-state index contributed by atoms with van der Waals surface area (Å²) in [6, 6.07) is 8.26. The van der Waals surface area contributed by atoms with Crippen LogP contribution in [0.15, 0.2) is 24.3 Å². The summed E-state index contributed by atoms with van der Waals surface area (Å²) in [5, 5.41) is 7.00. The molecule has 1 aliphatic heterocycles. The van der Waals surface area contributed by atoms with Crippen molar-refractivity contribution in [2.75, 3.05) is 38.3 Å². The topological polar surface area (TPSA) is 66.5 Å². The van der Waals surface area contributed by atoms with Gasteiger partial charge in [0, 0.05) is 39.4 Å². The maximum Gasteiger partial charge on any atom is 0.315 e. The molecule has 0 bridgehead atoms. The Morgan fingerprint density at radius 3 is 3.17 bits per heavy atom. The Morgan fingerprint density at radius 2 is 2.33 bits per heavy atom. The molecule has 3 rings (SSSR count). The highest BCUT2D eigenvalue weighted by Gasteiger charge is 2.23. The van der Waals surface area contributed by atoms with Gasteiger partial charge in [0.15, 0.2) is 5.13 Å². The van der Waals surface area contributed by atoms with E-state index in [0.717, 1.165) is 43.0 Å². The lowest BCUT2D eigenvalue weighted by Crippen LogP contribution is -2.50. The molecule has 2 N–H and O–H groups in total. The molecule has 1 atom stereocenters. The Balaban J connectivity index is 1.53. The van der Waals surface area contributed by atoms with Crippen LogP contribution in [0.4, 0.5) is 9.93 Å². The molecule has 1 aromatic carbocycles. The van der Waals surface area contributed by atoms with Crippen molar-refractivity contribution in [2.45, 2.75) is 25.3 Å². The zero-order valence-electron chi connectivity index (χ0n) is 14.0. The van der Waals surface area contributed by atoms with Crippen LogP contribution < -0.4 is 15.5 Å². The molecule has 1 aromatic heterocycles. The summed E-state index contributed by atoms with van der Waals surface area (Å²) in [6.07, 6.45) is 2.89. The van der Waals surface area contributed by atoms with Gasteiger partial charge in [0.1, 0.15) is 0 Å². The normalized spacial score (nSPS) is 17.9. The number of urea groups is 1. The monoisotopic (exact) mass is 348 g/mol. The average Bonchev–Trinajstić information content (AvgIpc) is 3.03. The van der Waals surface area contributed by atoms with Gasteiger partial charge < -0.3 is 20.3 Å². The molecular weight excluding hydrogens is 324 g/mol. The van der Waals surface area contributed by atoms with E-state index in [-0.39, 0.29) is 12.1 Å². The van der Waals surface area contributed by atoms with E-state index in [1.165, 1.54) is 4.70 Å². The van der Waals surface area contributed by atoms with Crippen molar-refractivity contribution in [3.63, 3.8) is 0 Å². The van der Waals surface area contributed by atoms with Crippen LogP contribution in [0.5, 0.6) is 0 Å². The molecule has 1 aliphatic rings. The van der Waals surface area contributed by atoms with Crippen LogP contribution in [0.3, 0.4) is 0 Å². The lowest BCUT2D eigenvalue weighted by molar-refractivity contribution is 0.193. The lowest BCUT2D eigenvalue weighted by Gasteiger charge is -2.32. The molecule has 130 valence electrons. The minimum absolute atomic E-state index is 0.0951. The summed E-state index contributed by atoms with van der Waals surface area (Å²) in [4.78, 5) is 19.0. The highest BCUT2D eigenvalue weighted by Crippen LogP contribution is 2.30. The van der Waals surface area contributed by atoms with Gasteiger partial charge in [0.05, 0.1) is 10.2 Å². The van der Waals surface area contributed by atoms with Gasteiger partial charge in [-0.2, -0.15) is 0 Å². The number of fused-ring (bicyclic) bond motifs is 1. The van der Waals surface area contributed by atoms with Gasteiger partial charge in [-0.25, -0.2) is 9.78 Å². The number of carbonyl (C=O) groups is 1. The van der Waals surface area contributed by atoms with E-state index in [1.54, 1.807) is 18.4 Å². The fraction of sp³-hybridized carbons (Fsp3) is 0.529. The van der Waals surface area contributed by atoms with Gasteiger partial charge in [-0.1, -0.05) is 23.5 Å². The van der Waals surface area contributed by atoms with Crippen LogP contribution in [-0.4, -0.2) is 50.4 Å². The number of thiazole rings is 1. The fourth-order valence-electron chi connectivity index (χ4n) is 2.92. The number of methoxy groups -OCH3 is 1. The molecule has 0 unspecified atom stereocenters. The number of ether oxygens (including phenoxy) is 1. The first-order valence-electron chi connectivity index (χ1n) is 8.40. The van der Waals surface area contributed by atoms with Crippen molar-refractivity contribution in [3.05, 3.63) is 24.3 Å². The second kappa shape index (κ2) is 8.30. The SMILES string of the molecule is COCCCNC(=O)N[C@@H]1CCCN(c2nc3ccccc3s2)C1. The van der Waals surface area contributed by atoms with Crippen LogP contribution in [-0.2, 0) is 4.74 Å². The van der Waals surface area contributed by atoms with Crippen molar-refractivity contribution in [1.29, 1.82) is 0 Å². The third kappa shape index (κ3) is 4.36. The number of rotatable bonds is 6. The predicted molar refractivity (Wildman–Crippen MR) is 97.9 cm³/mol. The Morgan fingerprint density at radius 1 is 1.46 bits per heavy atom. The number of piperidine rings is 1. The minimum atomic E-state index is -0.0951. The molecule has 0 radical (unpaired) electrons. The number of nitrogens with one attached hydrogen (secondary N) is 2. The first-order valence-corrected chi connectivity index (χ1v) is 9.22. The summed E-state index contributed by atoms with van der Waals surface area (Å²) in [5.41, 5.74) is 1.04. The Labute approximate surface area is 146 Å². The number of carbonyl (C=O) groups excluding carboxylic acids is 1. The predicted octanol–water partition coefficient (Wildman–Crippen LogP) is 2.60. The largest absolute Gasteiger partial charge is 0.385 e. The summed E-state index contributed by atoms with van der Waals surface area (Å²) >= 11 is 1.72. The molecule has 2 aromatic rings. The highest BCUT2D eigenvalue weighted by atomic mass is 32.1. The third-order valence-corrected chi connectivity index (χ3v) is 5.22. The Bertz CT molecular complexity index is 642. The van der Waals surface area contributed by atoms with Crippen LogP contribution in [0.2, 0.25) is 0 Å². The van der Waals surface area contributed by atoms with E-state index in [1.807, 2.05) is 18.2 Å². The third-order valence-electron chi connectivity index (χ3n) is 4.12. The maximum atomic E-state index is 12.0. The summed E-state index contributed by atoms with van der Waals surface area (Å²) in [7, 11) is 1.67. The first kappa shape index (κ1) is 17.0. The number of hydrogen-bond donors (Lipinski definition) is 2. The molecule has 2 heterocycles. The van der Waals surface area contributed by atoms with Gasteiger partial charge in [0.25, 0.3) is 0 Å². The Kier molecular flexibility index (Phi) is 5.87. The second-order valence-corrected chi connectivity index (χ2v) is 7.01. The fourth-order valence-corrected chi connectivity index (χ4v) is 3.92. The van der Waals surface area contributed by atoms with Crippen molar-refractivity contribution in [2.24, 2.45) is 0 Å². The number of amides is 2. The number of nitrogens with zero attached hydrogens (tertiary/aromatic N) is 2. The van der Waals surface area contributed by atoms with Crippen molar-refractivity contribution in [3.8, 4) is 0 Å². The average molecular weight is 348 g/mol. The van der Waals surface area contributed by atoms with E-state index < -0.39 is 0 Å².